The van der Waals surface area contributed by atoms with Crippen molar-refractivity contribution in [3.05, 3.63) is 69.7 Å². The van der Waals surface area contributed by atoms with Crippen LogP contribution in [0.3, 0.4) is 0 Å². The summed E-state index contributed by atoms with van der Waals surface area (Å²) < 4.78 is 0. The first-order valence-electron chi connectivity index (χ1n) is 8.59. The molecule has 0 aromatic heterocycles. The van der Waals surface area contributed by atoms with E-state index < -0.39 is 0 Å². The fraction of sp³-hybridized carbons (Fsp3) is 0.350. The van der Waals surface area contributed by atoms with Crippen LogP contribution < -0.4 is 5.32 Å². The molecule has 1 fully saturated rings. The van der Waals surface area contributed by atoms with Gasteiger partial charge < -0.3 is 5.32 Å². The van der Waals surface area contributed by atoms with Crippen LogP contribution in [0.25, 0.3) is 0 Å². The van der Waals surface area contributed by atoms with Crippen LogP contribution in [-0.4, -0.2) is 29.9 Å². The Kier molecular flexibility index (Phi) is 6.00. The van der Waals surface area contributed by atoms with Crippen LogP contribution in [0.4, 0.5) is 0 Å². The van der Waals surface area contributed by atoms with Crippen molar-refractivity contribution in [3.63, 3.8) is 0 Å². The van der Waals surface area contributed by atoms with E-state index in [1.165, 1.54) is 12.8 Å². The van der Waals surface area contributed by atoms with Crippen molar-refractivity contribution in [1.82, 2.24) is 10.2 Å². The average molecular weight is 377 g/mol. The van der Waals surface area contributed by atoms with Crippen molar-refractivity contribution in [2.24, 2.45) is 0 Å². The highest BCUT2D eigenvalue weighted by Crippen LogP contribution is 2.24. The summed E-state index contributed by atoms with van der Waals surface area (Å²) in [6.45, 7) is 4.11. The third-order valence-corrected chi connectivity index (χ3v) is 5.34. The molecular weight excluding hydrogens is 355 g/mol. The molecule has 0 spiro atoms. The molecule has 2 aromatic rings. The molecule has 5 heteroatoms. The fourth-order valence-corrected chi connectivity index (χ4v) is 3.82. The Morgan fingerprint density at radius 2 is 2.00 bits per heavy atom. The molecule has 1 aliphatic heterocycles. The molecular formula is C20H22Cl2N2O. The maximum atomic E-state index is 12.8. The summed E-state index contributed by atoms with van der Waals surface area (Å²) in [5, 5.41) is 4.04. The van der Waals surface area contributed by atoms with E-state index in [1.54, 1.807) is 18.2 Å². The number of likely N-dealkylation sites (tertiary alicyclic amines) is 1. The zero-order chi connectivity index (χ0) is 17.8. The highest BCUT2D eigenvalue weighted by atomic mass is 35.5. The smallest absolute Gasteiger partial charge is 0.253 e. The van der Waals surface area contributed by atoms with Gasteiger partial charge in [0.05, 0.1) is 16.6 Å². The molecule has 0 saturated carbocycles. The summed E-state index contributed by atoms with van der Waals surface area (Å²) in [4.78, 5) is 15.2. The number of rotatable bonds is 5. The quantitative estimate of drug-likeness (QED) is 0.800. The molecule has 0 bridgehead atoms. The molecule has 25 heavy (non-hydrogen) atoms. The standard InChI is InChI=1S/C20H22Cl2N2O/c1-14-6-5-11-24(14)13-19(15-7-3-2-4-8-15)23-20(25)17-10-9-16(21)12-18(17)22/h2-4,7-10,12,14,19H,5-6,11,13H2,1H3,(H,23,25)/t14?,19-/m1/s1. The molecule has 1 N–H and O–H groups in total. The minimum absolute atomic E-state index is 0.0824. The third kappa shape index (κ3) is 4.55. The molecule has 3 rings (SSSR count). The molecule has 1 unspecified atom stereocenters. The number of carbonyl (C=O) groups excluding carboxylic acids is 1. The minimum Gasteiger partial charge on any atom is -0.344 e. The zero-order valence-corrected chi connectivity index (χ0v) is 15.7. The first kappa shape index (κ1) is 18.2. The van der Waals surface area contributed by atoms with E-state index in [9.17, 15) is 4.79 Å². The summed E-state index contributed by atoms with van der Waals surface area (Å²) in [6.07, 6.45) is 2.41. The Morgan fingerprint density at radius 1 is 1.24 bits per heavy atom. The molecule has 1 heterocycles. The number of amides is 1. The second-order valence-corrected chi connectivity index (χ2v) is 7.39. The summed E-state index contributed by atoms with van der Waals surface area (Å²) in [7, 11) is 0. The van der Waals surface area contributed by atoms with E-state index in [2.05, 4.69) is 29.3 Å². The lowest BCUT2D eigenvalue weighted by Gasteiger charge is -2.28. The Balaban J connectivity index is 1.80. The molecule has 132 valence electrons. The monoisotopic (exact) mass is 376 g/mol. The lowest BCUT2D eigenvalue weighted by Crippen LogP contribution is -2.39. The van der Waals surface area contributed by atoms with Crippen LogP contribution in [0.1, 0.15) is 41.7 Å². The predicted octanol–water partition coefficient (Wildman–Crippen LogP) is 4.95. The Morgan fingerprint density at radius 3 is 2.64 bits per heavy atom. The van der Waals surface area contributed by atoms with Gasteiger partial charge in [-0.2, -0.15) is 0 Å². The van der Waals surface area contributed by atoms with Gasteiger partial charge >= 0.3 is 0 Å². The minimum atomic E-state index is -0.178. The normalized spacial score (nSPS) is 18.9. The third-order valence-electron chi connectivity index (χ3n) is 4.79. The van der Waals surface area contributed by atoms with Gasteiger partial charge in [-0.05, 0) is 50.1 Å². The largest absolute Gasteiger partial charge is 0.344 e. The number of nitrogens with one attached hydrogen (secondary N) is 1. The lowest BCUT2D eigenvalue weighted by molar-refractivity contribution is 0.0923. The van der Waals surface area contributed by atoms with Crippen molar-refractivity contribution >= 4 is 29.1 Å². The summed E-state index contributed by atoms with van der Waals surface area (Å²) in [5.74, 6) is -0.178. The molecule has 3 nitrogen and oxygen atoms in total. The number of hydrogen-bond donors (Lipinski definition) is 1. The van der Waals surface area contributed by atoms with Crippen LogP contribution in [-0.2, 0) is 0 Å². The molecule has 2 aromatic carbocycles. The van der Waals surface area contributed by atoms with Gasteiger partial charge in [-0.1, -0.05) is 53.5 Å². The molecule has 1 amide bonds. The van der Waals surface area contributed by atoms with Crippen molar-refractivity contribution < 1.29 is 4.79 Å². The van der Waals surface area contributed by atoms with Gasteiger partial charge in [-0.15, -0.1) is 0 Å². The molecule has 2 atom stereocenters. The van der Waals surface area contributed by atoms with Gasteiger partial charge in [0.2, 0.25) is 0 Å². The molecule has 1 saturated heterocycles. The molecule has 0 radical (unpaired) electrons. The van der Waals surface area contributed by atoms with Crippen LogP contribution in [0.15, 0.2) is 48.5 Å². The van der Waals surface area contributed by atoms with E-state index in [0.29, 0.717) is 21.7 Å². The number of carbonyl (C=O) groups is 1. The Labute approximate surface area is 158 Å². The SMILES string of the molecule is CC1CCCN1C[C@@H](NC(=O)c1ccc(Cl)cc1Cl)c1ccccc1. The summed E-state index contributed by atoms with van der Waals surface area (Å²) >= 11 is 12.1. The van der Waals surface area contributed by atoms with Crippen LogP contribution in [0, 0.1) is 0 Å². The van der Waals surface area contributed by atoms with E-state index in [0.717, 1.165) is 18.7 Å². The van der Waals surface area contributed by atoms with Gasteiger partial charge in [-0.3, -0.25) is 9.69 Å². The van der Waals surface area contributed by atoms with Crippen molar-refractivity contribution in [2.45, 2.75) is 31.8 Å². The topological polar surface area (TPSA) is 32.3 Å². The van der Waals surface area contributed by atoms with Crippen LogP contribution in [0.2, 0.25) is 10.0 Å². The van der Waals surface area contributed by atoms with Crippen molar-refractivity contribution in [2.75, 3.05) is 13.1 Å². The zero-order valence-electron chi connectivity index (χ0n) is 14.2. The van der Waals surface area contributed by atoms with Gasteiger partial charge in [0.1, 0.15) is 0 Å². The second kappa shape index (κ2) is 8.22. The van der Waals surface area contributed by atoms with E-state index in [-0.39, 0.29) is 11.9 Å². The average Bonchev–Trinajstić information content (AvgIpc) is 3.00. The second-order valence-electron chi connectivity index (χ2n) is 6.55. The highest BCUT2D eigenvalue weighted by molar-refractivity contribution is 6.36. The van der Waals surface area contributed by atoms with E-state index >= 15 is 0 Å². The first-order chi connectivity index (χ1) is 12.0. The van der Waals surface area contributed by atoms with E-state index in [4.69, 9.17) is 23.2 Å². The molecule has 0 aliphatic carbocycles. The van der Waals surface area contributed by atoms with E-state index in [1.807, 2.05) is 18.2 Å². The van der Waals surface area contributed by atoms with Gasteiger partial charge in [-0.25, -0.2) is 0 Å². The van der Waals surface area contributed by atoms with Crippen molar-refractivity contribution in [1.29, 1.82) is 0 Å². The van der Waals surface area contributed by atoms with Crippen molar-refractivity contribution in [3.8, 4) is 0 Å². The van der Waals surface area contributed by atoms with Gasteiger partial charge in [0.15, 0.2) is 0 Å². The fourth-order valence-electron chi connectivity index (χ4n) is 3.33. The lowest BCUT2D eigenvalue weighted by atomic mass is 10.0. The number of benzene rings is 2. The number of hydrogen-bond acceptors (Lipinski definition) is 2. The summed E-state index contributed by atoms with van der Waals surface area (Å²) in [5.41, 5.74) is 1.54. The number of nitrogens with zero attached hydrogens (tertiary/aromatic N) is 1. The maximum absolute atomic E-state index is 12.8. The van der Waals surface area contributed by atoms with Gasteiger partial charge in [0, 0.05) is 17.6 Å². The number of halogens is 2. The van der Waals surface area contributed by atoms with Crippen LogP contribution >= 0.6 is 23.2 Å². The summed E-state index contributed by atoms with van der Waals surface area (Å²) in [6, 6.07) is 15.5. The molecule has 1 aliphatic rings. The highest BCUT2D eigenvalue weighted by Gasteiger charge is 2.25. The Bertz CT molecular complexity index is 736. The van der Waals surface area contributed by atoms with Crippen LogP contribution in [0.5, 0.6) is 0 Å². The Hall–Kier alpha value is -1.55. The predicted molar refractivity (Wildman–Crippen MR) is 103 cm³/mol. The maximum Gasteiger partial charge on any atom is 0.253 e. The van der Waals surface area contributed by atoms with Gasteiger partial charge in [0.25, 0.3) is 5.91 Å². The first-order valence-corrected chi connectivity index (χ1v) is 9.35.